The van der Waals surface area contributed by atoms with Crippen molar-refractivity contribution in [1.82, 2.24) is 10.2 Å². The second-order valence-electron chi connectivity index (χ2n) is 2.93. The molecular formula is C6H14Br2N2. The molecule has 2 bridgehead atoms. The van der Waals surface area contributed by atoms with Gasteiger partial charge >= 0.3 is 0 Å². The summed E-state index contributed by atoms with van der Waals surface area (Å²) in [4.78, 5) is 2.45. The molecule has 0 amide bonds. The molecule has 2 rings (SSSR count). The summed E-state index contributed by atoms with van der Waals surface area (Å²) < 4.78 is 0. The third kappa shape index (κ3) is 1.72. The van der Waals surface area contributed by atoms with Crippen LogP contribution in [-0.4, -0.2) is 37.1 Å². The standard InChI is InChI=1S/C6H12N2.2BrH/c1-8-4-5-2-6(8)3-7-5;;/h5-7H,2-4H2,1H3;2*1H/t5-,6?;;/m1../s1. The van der Waals surface area contributed by atoms with Crippen LogP contribution in [-0.2, 0) is 0 Å². The fourth-order valence-corrected chi connectivity index (χ4v) is 1.77. The van der Waals surface area contributed by atoms with Crippen molar-refractivity contribution in [3.05, 3.63) is 0 Å². The maximum atomic E-state index is 3.44. The topological polar surface area (TPSA) is 15.3 Å². The minimum absolute atomic E-state index is 0. The fourth-order valence-electron chi connectivity index (χ4n) is 1.77. The number of hydrogen-bond acceptors (Lipinski definition) is 2. The minimum Gasteiger partial charge on any atom is -0.311 e. The van der Waals surface area contributed by atoms with Crippen LogP contribution in [0, 0.1) is 0 Å². The molecule has 0 aromatic rings. The predicted molar refractivity (Wildman–Crippen MR) is 53.5 cm³/mol. The lowest BCUT2D eigenvalue weighted by Crippen LogP contribution is -2.41. The van der Waals surface area contributed by atoms with Gasteiger partial charge in [-0.2, -0.15) is 0 Å². The summed E-state index contributed by atoms with van der Waals surface area (Å²) in [6, 6.07) is 1.69. The van der Waals surface area contributed by atoms with E-state index >= 15 is 0 Å². The number of piperazine rings is 1. The molecule has 1 N–H and O–H groups in total. The highest BCUT2D eigenvalue weighted by molar-refractivity contribution is 8.93. The highest BCUT2D eigenvalue weighted by Gasteiger charge is 2.34. The first-order valence-corrected chi connectivity index (χ1v) is 3.30. The van der Waals surface area contributed by atoms with Crippen LogP contribution in [0.25, 0.3) is 0 Å². The van der Waals surface area contributed by atoms with E-state index in [0.29, 0.717) is 0 Å². The summed E-state index contributed by atoms with van der Waals surface area (Å²) >= 11 is 0. The normalized spacial score (nSPS) is 36.9. The smallest absolute Gasteiger partial charge is 0.0233 e. The minimum atomic E-state index is 0. The molecule has 0 radical (unpaired) electrons. The Morgan fingerprint density at radius 1 is 1.40 bits per heavy atom. The molecular weight excluding hydrogens is 260 g/mol. The molecule has 0 aromatic carbocycles. The van der Waals surface area contributed by atoms with Gasteiger partial charge in [0.2, 0.25) is 0 Å². The summed E-state index contributed by atoms with van der Waals surface area (Å²) in [7, 11) is 2.21. The molecule has 2 nitrogen and oxygen atoms in total. The number of likely N-dealkylation sites (tertiary alicyclic amines) is 1. The summed E-state index contributed by atoms with van der Waals surface area (Å²) in [5, 5.41) is 3.44. The average molecular weight is 274 g/mol. The van der Waals surface area contributed by atoms with Gasteiger partial charge in [-0.3, -0.25) is 0 Å². The summed E-state index contributed by atoms with van der Waals surface area (Å²) in [5.41, 5.74) is 0. The Balaban J connectivity index is 0.000000405. The monoisotopic (exact) mass is 272 g/mol. The SMILES string of the molecule is Br.Br.CN1C[C@H]2CC1CN2. The lowest BCUT2D eigenvalue weighted by molar-refractivity contribution is 0.276. The number of nitrogens with one attached hydrogen (secondary N) is 1. The Hall–Kier alpha value is 0.880. The molecule has 62 valence electrons. The maximum absolute atomic E-state index is 3.44. The van der Waals surface area contributed by atoms with Crippen molar-refractivity contribution in [2.45, 2.75) is 18.5 Å². The Labute approximate surface area is 82.9 Å². The van der Waals surface area contributed by atoms with Crippen LogP contribution in [0.1, 0.15) is 6.42 Å². The van der Waals surface area contributed by atoms with Gasteiger partial charge in [0.1, 0.15) is 0 Å². The molecule has 2 saturated heterocycles. The van der Waals surface area contributed by atoms with Gasteiger partial charge in [0.15, 0.2) is 0 Å². The molecule has 2 heterocycles. The zero-order chi connectivity index (χ0) is 5.56. The van der Waals surface area contributed by atoms with Crippen molar-refractivity contribution in [2.24, 2.45) is 0 Å². The van der Waals surface area contributed by atoms with Crippen molar-refractivity contribution in [1.29, 1.82) is 0 Å². The van der Waals surface area contributed by atoms with Gasteiger partial charge in [-0.15, -0.1) is 34.0 Å². The van der Waals surface area contributed by atoms with E-state index in [1.807, 2.05) is 0 Å². The second-order valence-corrected chi connectivity index (χ2v) is 2.93. The number of halogens is 2. The second kappa shape index (κ2) is 4.04. The third-order valence-corrected chi connectivity index (χ3v) is 2.33. The Morgan fingerprint density at radius 2 is 2.10 bits per heavy atom. The van der Waals surface area contributed by atoms with Gasteiger partial charge in [-0.05, 0) is 13.5 Å². The molecule has 2 aliphatic rings. The Bertz CT molecular complexity index is 108. The van der Waals surface area contributed by atoms with Crippen LogP contribution in [0.4, 0.5) is 0 Å². The van der Waals surface area contributed by atoms with Crippen molar-refractivity contribution < 1.29 is 0 Å². The van der Waals surface area contributed by atoms with Gasteiger partial charge in [-0.25, -0.2) is 0 Å². The Kier molecular flexibility index (Phi) is 4.40. The molecule has 0 aliphatic carbocycles. The van der Waals surface area contributed by atoms with E-state index in [4.69, 9.17) is 0 Å². The van der Waals surface area contributed by atoms with Gasteiger partial charge in [-0.1, -0.05) is 0 Å². The molecule has 0 saturated carbocycles. The number of likely N-dealkylation sites (N-methyl/N-ethyl adjacent to an activating group) is 1. The third-order valence-electron chi connectivity index (χ3n) is 2.33. The van der Waals surface area contributed by atoms with Crippen LogP contribution in [0.2, 0.25) is 0 Å². The van der Waals surface area contributed by atoms with Crippen molar-refractivity contribution in [2.75, 3.05) is 20.1 Å². The van der Waals surface area contributed by atoms with E-state index in [-0.39, 0.29) is 34.0 Å². The van der Waals surface area contributed by atoms with E-state index in [9.17, 15) is 0 Å². The summed E-state index contributed by atoms with van der Waals surface area (Å²) in [5.74, 6) is 0. The number of rotatable bonds is 0. The Morgan fingerprint density at radius 3 is 2.30 bits per heavy atom. The zero-order valence-electron chi connectivity index (χ0n) is 6.04. The van der Waals surface area contributed by atoms with Gasteiger partial charge < -0.3 is 10.2 Å². The average Bonchev–Trinajstić information content (AvgIpc) is 2.23. The summed E-state index contributed by atoms with van der Waals surface area (Å²) in [6.07, 6.45) is 1.39. The van der Waals surface area contributed by atoms with E-state index in [0.717, 1.165) is 12.1 Å². The van der Waals surface area contributed by atoms with Crippen molar-refractivity contribution in [3.63, 3.8) is 0 Å². The lowest BCUT2D eigenvalue weighted by Gasteiger charge is -2.21. The van der Waals surface area contributed by atoms with E-state index in [2.05, 4.69) is 17.3 Å². The predicted octanol–water partition coefficient (Wildman–Crippen LogP) is 0.818. The number of fused-ring (bicyclic) bond motifs is 2. The molecule has 10 heavy (non-hydrogen) atoms. The van der Waals surface area contributed by atoms with Crippen LogP contribution < -0.4 is 5.32 Å². The molecule has 2 fully saturated rings. The van der Waals surface area contributed by atoms with Crippen molar-refractivity contribution in [3.8, 4) is 0 Å². The van der Waals surface area contributed by atoms with Crippen LogP contribution in [0.15, 0.2) is 0 Å². The number of nitrogens with zero attached hydrogens (tertiary/aromatic N) is 1. The van der Waals surface area contributed by atoms with Crippen molar-refractivity contribution >= 4 is 34.0 Å². The first kappa shape index (κ1) is 10.9. The molecule has 2 aliphatic heterocycles. The first-order chi connectivity index (χ1) is 3.86. The summed E-state index contributed by atoms with van der Waals surface area (Å²) in [6.45, 7) is 2.49. The largest absolute Gasteiger partial charge is 0.311 e. The van der Waals surface area contributed by atoms with E-state index < -0.39 is 0 Å². The highest BCUT2D eigenvalue weighted by Crippen LogP contribution is 2.20. The molecule has 2 atom stereocenters. The zero-order valence-corrected chi connectivity index (χ0v) is 9.47. The van der Waals surface area contributed by atoms with Crippen LogP contribution in [0.5, 0.6) is 0 Å². The lowest BCUT2D eigenvalue weighted by atomic mass is 10.2. The number of hydrogen-bond donors (Lipinski definition) is 1. The fraction of sp³-hybridized carbons (Fsp3) is 1.00. The van der Waals surface area contributed by atoms with Gasteiger partial charge in [0, 0.05) is 25.2 Å². The molecule has 4 heteroatoms. The molecule has 0 aromatic heterocycles. The highest BCUT2D eigenvalue weighted by atomic mass is 79.9. The van der Waals surface area contributed by atoms with E-state index in [1.54, 1.807) is 0 Å². The van der Waals surface area contributed by atoms with Gasteiger partial charge in [0.25, 0.3) is 0 Å². The first-order valence-electron chi connectivity index (χ1n) is 3.30. The maximum Gasteiger partial charge on any atom is 0.0233 e. The molecule has 0 spiro atoms. The van der Waals surface area contributed by atoms with Crippen LogP contribution in [0.3, 0.4) is 0 Å². The van der Waals surface area contributed by atoms with E-state index in [1.165, 1.54) is 19.5 Å². The molecule has 1 unspecified atom stereocenters. The van der Waals surface area contributed by atoms with Gasteiger partial charge in [0.05, 0.1) is 0 Å². The van der Waals surface area contributed by atoms with Crippen LogP contribution >= 0.6 is 34.0 Å². The quantitative estimate of drug-likeness (QED) is 0.703.